The van der Waals surface area contributed by atoms with E-state index in [2.05, 4.69) is 9.71 Å². The Hall–Kier alpha value is -3.23. The normalized spacial score (nSPS) is 20.6. The fourth-order valence-corrected chi connectivity index (χ4v) is 6.28. The molecule has 2 unspecified atom stereocenters. The van der Waals surface area contributed by atoms with E-state index in [-0.39, 0.29) is 19.0 Å². The number of aliphatic imine (C=N–C) groups is 1. The molecule has 1 aliphatic heterocycles. The second-order valence-corrected chi connectivity index (χ2v) is 10.9. The molecule has 1 heterocycles. The zero-order chi connectivity index (χ0) is 25.2. The molecule has 35 heavy (non-hydrogen) atoms. The van der Waals surface area contributed by atoms with Gasteiger partial charge in [-0.2, -0.15) is 0 Å². The van der Waals surface area contributed by atoms with E-state index in [9.17, 15) is 17.9 Å². The van der Waals surface area contributed by atoms with Gasteiger partial charge in [-0.1, -0.05) is 60.7 Å². The molecule has 0 amide bonds. The van der Waals surface area contributed by atoms with Gasteiger partial charge in [0.2, 0.25) is 10.0 Å². The van der Waals surface area contributed by atoms with Crippen LogP contribution in [0.5, 0.6) is 0 Å². The van der Waals surface area contributed by atoms with Crippen molar-refractivity contribution in [2.45, 2.75) is 44.1 Å². The minimum atomic E-state index is -3.91. The molecule has 1 fully saturated rings. The lowest BCUT2D eigenvalue weighted by Crippen LogP contribution is -2.53. The molecule has 0 saturated carbocycles. The molecular formula is C27H29FN2O4S. The van der Waals surface area contributed by atoms with Gasteiger partial charge in [-0.05, 0) is 67.1 Å². The van der Waals surface area contributed by atoms with Crippen LogP contribution in [0.15, 0.2) is 77.8 Å². The van der Waals surface area contributed by atoms with Gasteiger partial charge in [-0.15, -0.1) is 0 Å². The number of nitrogens with zero attached hydrogens (tertiary/aromatic N) is 1. The average molecular weight is 497 g/mol. The molecule has 1 aliphatic rings. The summed E-state index contributed by atoms with van der Waals surface area (Å²) >= 11 is 0. The van der Waals surface area contributed by atoms with Gasteiger partial charge >= 0.3 is 0 Å². The molecule has 3 aromatic carbocycles. The highest BCUT2D eigenvalue weighted by atomic mass is 32.2. The lowest BCUT2D eigenvalue weighted by Gasteiger charge is -2.39. The van der Waals surface area contributed by atoms with Crippen molar-refractivity contribution in [2.24, 2.45) is 4.99 Å². The van der Waals surface area contributed by atoms with E-state index in [1.807, 2.05) is 49.4 Å². The number of ether oxygens (including phenoxy) is 1. The third kappa shape index (κ3) is 5.39. The van der Waals surface area contributed by atoms with Gasteiger partial charge in [0.25, 0.3) is 6.02 Å². The SMILES string of the molecule is Cc1ccc(F)cc1C(CCO)N=C1NS(=O)(=O)C(c2ccc(-c3ccccc3)cc2)C(C)(C)O1. The molecule has 0 bridgehead atoms. The van der Waals surface area contributed by atoms with Crippen molar-refractivity contribution < 1.29 is 22.7 Å². The van der Waals surface area contributed by atoms with Crippen molar-refractivity contribution in [3.05, 3.63) is 95.3 Å². The first-order valence-electron chi connectivity index (χ1n) is 11.4. The third-order valence-corrected chi connectivity index (χ3v) is 8.05. The van der Waals surface area contributed by atoms with E-state index in [0.29, 0.717) is 11.1 Å². The van der Waals surface area contributed by atoms with Crippen LogP contribution in [0, 0.1) is 12.7 Å². The first kappa shape index (κ1) is 24.9. The van der Waals surface area contributed by atoms with E-state index in [1.165, 1.54) is 12.1 Å². The molecule has 6 nitrogen and oxygen atoms in total. The topological polar surface area (TPSA) is 88.0 Å². The standard InChI is InChI=1S/C27H29FN2O4S/c1-18-9-14-22(28)17-23(18)24(15-16-31)29-26-30-35(32,33)25(27(2,3)34-26)21-12-10-20(11-13-21)19-7-5-4-6-8-19/h4-14,17,24-25,31H,15-16H2,1-3H3,(H,29,30). The van der Waals surface area contributed by atoms with Crippen molar-refractivity contribution in [1.82, 2.24) is 4.72 Å². The van der Waals surface area contributed by atoms with Gasteiger partial charge in [-0.3, -0.25) is 0 Å². The summed E-state index contributed by atoms with van der Waals surface area (Å²) in [6.07, 6.45) is 0.184. The Morgan fingerprint density at radius 2 is 1.71 bits per heavy atom. The van der Waals surface area contributed by atoms with Gasteiger partial charge in [0.05, 0.1) is 6.04 Å². The van der Waals surface area contributed by atoms with Crippen LogP contribution in [0.4, 0.5) is 4.39 Å². The number of sulfonamides is 1. The van der Waals surface area contributed by atoms with Crippen molar-refractivity contribution >= 4 is 16.0 Å². The van der Waals surface area contributed by atoms with E-state index in [4.69, 9.17) is 4.74 Å². The smallest absolute Gasteiger partial charge is 0.299 e. The van der Waals surface area contributed by atoms with Crippen LogP contribution in [0.2, 0.25) is 0 Å². The van der Waals surface area contributed by atoms with Gasteiger partial charge in [-0.25, -0.2) is 22.5 Å². The van der Waals surface area contributed by atoms with Crippen molar-refractivity contribution in [2.75, 3.05) is 6.61 Å². The minimum absolute atomic E-state index is 0.172. The van der Waals surface area contributed by atoms with Gasteiger partial charge < -0.3 is 9.84 Å². The van der Waals surface area contributed by atoms with Crippen molar-refractivity contribution in [3.8, 4) is 11.1 Å². The third-order valence-electron chi connectivity index (χ3n) is 6.13. The fourth-order valence-electron chi connectivity index (χ4n) is 4.52. The summed E-state index contributed by atoms with van der Waals surface area (Å²) in [6, 6.07) is 20.7. The van der Waals surface area contributed by atoms with Crippen LogP contribution in [0.1, 0.15) is 48.3 Å². The predicted molar refractivity (Wildman–Crippen MR) is 135 cm³/mol. The number of halogens is 1. The van der Waals surface area contributed by atoms with E-state index >= 15 is 0 Å². The Labute approximate surface area is 205 Å². The quantitative estimate of drug-likeness (QED) is 0.500. The maximum atomic E-state index is 13.9. The molecule has 2 N–H and O–H groups in total. The number of hydrogen-bond donors (Lipinski definition) is 2. The molecule has 0 radical (unpaired) electrons. The molecular weight excluding hydrogens is 467 g/mol. The molecule has 2 atom stereocenters. The molecule has 0 spiro atoms. The molecule has 0 aliphatic carbocycles. The number of aliphatic hydroxyl groups is 1. The van der Waals surface area contributed by atoms with Crippen LogP contribution in [-0.4, -0.2) is 31.8 Å². The Bertz CT molecular complexity index is 1320. The van der Waals surface area contributed by atoms with Crippen LogP contribution < -0.4 is 4.72 Å². The maximum absolute atomic E-state index is 13.9. The maximum Gasteiger partial charge on any atom is 0.299 e. The number of amidine groups is 1. The predicted octanol–water partition coefficient (Wildman–Crippen LogP) is 5.05. The summed E-state index contributed by atoms with van der Waals surface area (Å²) in [7, 11) is -3.91. The largest absolute Gasteiger partial charge is 0.457 e. The second kappa shape index (κ2) is 9.79. The van der Waals surface area contributed by atoms with Crippen LogP contribution in [-0.2, 0) is 14.8 Å². The number of aliphatic hydroxyl groups excluding tert-OH is 1. The van der Waals surface area contributed by atoms with Gasteiger partial charge in [0.1, 0.15) is 16.7 Å². The number of nitrogens with one attached hydrogen (secondary N) is 1. The lowest BCUT2D eigenvalue weighted by molar-refractivity contribution is 0.0759. The second-order valence-electron chi connectivity index (χ2n) is 9.18. The Morgan fingerprint density at radius 1 is 1.06 bits per heavy atom. The number of hydrogen-bond acceptors (Lipinski definition) is 5. The summed E-state index contributed by atoms with van der Waals surface area (Å²) in [4.78, 5) is 4.45. The lowest BCUT2D eigenvalue weighted by atomic mass is 9.95. The minimum Gasteiger partial charge on any atom is -0.457 e. The highest BCUT2D eigenvalue weighted by molar-refractivity contribution is 7.90. The fraction of sp³-hybridized carbons (Fsp3) is 0.296. The summed E-state index contributed by atoms with van der Waals surface area (Å²) in [5.41, 5.74) is 2.81. The summed E-state index contributed by atoms with van der Waals surface area (Å²) in [6.45, 7) is 5.00. The van der Waals surface area contributed by atoms with E-state index < -0.39 is 32.7 Å². The highest BCUT2D eigenvalue weighted by Crippen LogP contribution is 2.39. The van der Waals surface area contributed by atoms with Gasteiger partial charge in [0, 0.05) is 6.61 Å². The molecule has 3 aromatic rings. The molecule has 184 valence electrons. The van der Waals surface area contributed by atoms with Crippen molar-refractivity contribution in [3.63, 3.8) is 0 Å². The van der Waals surface area contributed by atoms with Gasteiger partial charge in [0.15, 0.2) is 0 Å². The molecule has 1 saturated heterocycles. The van der Waals surface area contributed by atoms with E-state index in [0.717, 1.165) is 16.7 Å². The first-order chi connectivity index (χ1) is 16.6. The number of benzene rings is 3. The van der Waals surface area contributed by atoms with E-state index in [1.54, 1.807) is 32.0 Å². The molecule has 4 rings (SSSR count). The average Bonchev–Trinajstić information content (AvgIpc) is 2.80. The zero-order valence-corrected chi connectivity index (χ0v) is 20.7. The Balaban J connectivity index is 1.65. The molecule has 0 aromatic heterocycles. The first-order valence-corrected chi connectivity index (χ1v) is 13.0. The highest BCUT2D eigenvalue weighted by Gasteiger charge is 2.48. The van der Waals surface area contributed by atoms with Crippen molar-refractivity contribution in [1.29, 1.82) is 0 Å². The summed E-state index contributed by atoms with van der Waals surface area (Å²) < 4.78 is 49.2. The Kier molecular flexibility index (Phi) is 6.96. The summed E-state index contributed by atoms with van der Waals surface area (Å²) in [5.74, 6) is -0.432. The van der Waals surface area contributed by atoms with Crippen LogP contribution in [0.25, 0.3) is 11.1 Å². The van der Waals surface area contributed by atoms with Crippen LogP contribution >= 0.6 is 0 Å². The van der Waals surface area contributed by atoms with Crippen LogP contribution in [0.3, 0.4) is 0 Å². The molecule has 8 heteroatoms. The number of rotatable bonds is 6. The number of aryl methyl sites for hydroxylation is 1. The monoisotopic (exact) mass is 496 g/mol. The summed E-state index contributed by atoms with van der Waals surface area (Å²) in [5, 5.41) is 8.57. The zero-order valence-electron chi connectivity index (χ0n) is 19.9. The Morgan fingerprint density at radius 3 is 2.34 bits per heavy atom.